The van der Waals surface area contributed by atoms with Crippen molar-refractivity contribution in [2.24, 2.45) is 0 Å². The van der Waals surface area contributed by atoms with Gasteiger partial charge in [-0.05, 0) is 99.4 Å². The second-order valence-electron chi connectivity index (χ2n) is 14.0. The minimum absolute atomic E-state index is 0.867. The van der Waals surface area contributed by atoms with Crippen LogP contribution in [0.4, 0.5) is 17.1 Å². The number of thiophene rings is 1. The summed E-state index contributed by atoms with van der Waals surface area (Å²) in [5.74, 6) is 0. The van der Waals surface area contributed by atoms with E-state index in [0.29, 0.717) is 0 Å². The van der Waals surface area contributed by atoms with Crippen LogP contribution in [0, 0.1) is 0 Å². The monoisotopic (exact) mass is 707 g/mol. The molecule has 0 aliphatic carbocycles. The molecule has 54 heavy (non-hydrogen) atoms. The Bertz CT molecular complexity index is 3460. The zero-order chi connectivity index (χ0) is 35.3. The first kappa shape index (κ1) is 29.7. The van der Waals surface area contributed by atoms with E-state index >= 15 is 0 Å². The lowest BCUT2D eigenvalue weighted by molar-refractivity contribution is 0.663. The van der Waals surface area contributed by atoms with Crippen LogP contribution in [0.25, 0.3) is 96.7 Å². The molecule has 3 nitrogen and oxygen atoms in total. The summed E-state index contributed by atoms with van der Waals surface area (Å²) in [4.78, 5) is 2.42. The topological polar surface area (TPSA) is 29.5 Å². The Balaban J connectivity index is 1.03. The Morgan fingerprint density at radius 3 is 1.87 bits per heavy atom. The number of benzene rings is 9. The molecule has 0 aliphatic heterocycles. The van der Waals surface area contributed by atoms with Crippen LogP contribution in [0.5, 0.6) is 0 Å². The molecule has 4 heteroatoms. The number of hydrogen-bond acceptors (Lipinski definition) is 4. The predicted molar refractivity (Wildman–Crippen MR) is 229 cm³/mol. The van der Waals surface area contributed by atoms with Gasteiger partial charge in [-0.3, -0.25) is 0 Å². The summed E-state index contributed by atoms with van der Waals surface area (Å²) in [6, 6.07) is 63.2. The largest absolute Gasteiger partial charge is 0.456 e. The summed E-state index contributed by atoms with van der Waals surface area (Å²) in [5, 5.41) is 12.0. The van der Waals surface area contributed by atoms with E-state index in [-0.39, 0.29) is 0 Å². The van der Waals surface area contributed by atoms with Crippen LogP contribution in [-0.4, -0.2) is 0 Å². The van der Waals surface area contributed by atoms with Crippen LogP contribution >= 0.6 is 11.3 Å². The molecule has 9 aromatic carbocycles. The Morgan fingerprint density at radius 1 is 0.370 bits per heavy atom. The number of furan rings is 2. The molecular weight excluding hydrogens is 679 g/mol. The quantitative estimate of drug-likeness (QED) is 0.171. The lowest BCUT2D eigenvalue weighted by Crippen LogP contribution is -2.10. The van der Waals surface area contributed by atoms with Gasteiger partial charge >= 0.3 is 0 Å². The van der Waals surface area contributed by atoms with E-state index in [1.807, 2.05) is 35.6 Å². The van der Waals surface area contributed by atoms with Crippen LogP contribution in [0.15, 0.2) is 185 Å². The maximum Gasteiger partial charge on any atom is 0.136 e. The van der Waals surface area contributed by atoms with Crippen molar-refractivity contribution in [3.8, 4) is 11.1 Å². The zero-order valence-corrected chi connectivity index (χ0v) is 29.7. The average molecular weight is 708 g/mol. The van der Waals surface area contributed by atoms with Crippen molar-refractivity contribution in [3.05, 3.63) is 176 Å². The van der Waals surface area contributed by atoms with Gasteiger partial charge in [0, 0.05) is 48.4 Å². The highest BCUT2D eigenvalue weighted by atomic mass is 32.1. The second-order valence-corrected chi connectivity index (χ2v) is 15.1. The van der Waals surface area contributed by atoms with Gasteiger partial charge in [-0.15, -0.1) is 11.3 Å². The molecule has 0 atom stereocenters. The number of nitrogens with zero attached hydrogens (tertiary/aromatic N) is 1. The van der Waals surface area contributed by atoms with Gasteiger partial charge in [-0.25, -0.2) is 0 Å². The third kappa shape index (κ3) is 4.35. The average Bonchev–Trinajstić information content (AvgIpc) is 3.92. The highest BCUT2D eigenvalue weighted by Gasteiger charge is 2.20. The van der Waals surface area contributed by atoms with E-state index in [4.69, 9.17) is 8.83 Å². The summed E-state index contributed by atoms with van der Waals surface area (Å²) in [6.07, 6.45) is 0. The minimum atomic E-state index is 0.867. The van der Waals surface area contributed by atoms with Gasteiger partial charge < -0.3 is 13.7 Å². The van der Waals surface area contributed by atoms with Crippen LogP contribution < -0.4 is 4.90 Å². The van der Waals surface area contributed by atoms with E-state index in [9.17, 15) is 0 Å². The van der Waals surface area contributed by atoms with E-state index in [2.05, 4.69) is 157 Å². The van der Waals surface area contributed by atoms with Crippen molar-refractivity contribution >= 4 is 114 Å². The van der Waals surface area contributed by atoms with Gasteiger partial charge in [-0.2, -0.15) is 0 Å². The van der Waals surface area contributed by atoms with Gasteiger partial charge in [0.05, 0.1) is 10.4 Å². The van der Waals surface area contributed by atoms with Crippen molar-refractivity contribution in [2.45, 2.75) is 0 Å². The molecule has 0 spiro atoms. The number of rotatable bonds is 4. The fourth-order valence-corrected chi connectivity index (χ4v) is 9.75. The summed E-state index contributed by atoms with van der Waals surface area (Å²) in [6.45, 7) is 0. The lowest BCUT2D eigenvalue weighted by Gasteiger charge is -2.27. The predicted octanol–water partition coefficient (Wildman–Crippen LogP) is 15.3. The molecule has 0 unspecified atom stereocenters. The molecule has 0 amide bonds. The SMILES string of the molecule is c1ccc2c(c1)ccc1cc(N(c3ccc(-c4ccc5oc6ccc7oc8ccccc8c7c6c5c4)cc3)c3cccc4c3sc3ccccc34)ccc12. The smallest absolute Gasteiger partial charge is 0.136 e. The van der Waals surface area contributed by atoms with E-state index < -0.39 is 0 Å². The standard InChI is InChI=1S/C50H29NO2S/c1-2-9-36-31(8-1)16-17-33-28-35(23-24-37(33)36)51(42-13-7-12-39-38-10-4-6-15-47(38)54-50(39)42)34-21-18-30(19-22-34)32-20-25-44-41(29-32)49-46(53-44)27-26-45-48(49)40-11-3-5-14-43(40)52-45/h1-29H. The molecule has 3 heterocycles. The van der Waals surface area contributed by atoms with Crippen molar-refractivity contribution in [1.82, 2.24) is 0 Å². The number of anilines is 3. The molecule has 0 bridgehead atoms. The third-order valence-corrected chi connectivity index (χ3v) is 12.3. The Hall–Kier alpha value is -6.88. The summed E-state index contributed by atoms with van der Waals surface area (Å²) in [5.41, 5.74) is 9.17. The van der Waals surface area contributed by atoms with Crippen molar-refractivity contribution in [1.29, 1.82) is 0 Å². The fourth-order valence-electron chi connectivity index (χ4n) is 8.54. The van der Waals surface area contributed by atoms with E-state index in [1.54, 1.807) is 0 Å². The molecule has 12 aromatic rings. The lowest BCUT2D eigenvalue weighted by atomic mass is 9.99. The maximum absolute atomic E-state index is 6.38. The summed E-state index contributed by atoms with van der Waals surface area (Å²) in [7, 11) is 0. The fraction of sp³-hybridized carbons (Fsp3) is 0. The van der Waals surface area contributed by atoms with Crippen molar-refractivity contribution < 1.29 is 8.83 Å². The van der Waals surface area contributed by atoms with Crippen LogP contribution in [-0.2, 0) is 0 Å². The Kier molecular flexibility index (Phi) is 6.21. The first-order valence-electron chi connectivity index (χ1n) is 18.2. The number of para-hydroxylation sites is 1. The van der Waals surface area contributed by atoms with Gasteiger partial charge in [-0.1, -0.05) is 109 Å². The van der Waals surface area contributed by atoms with Gasteiger partial charge in [0.1, 0.15) is 22.3 Å². The van der Waals surface area contributed by atoms with Gasteiger partial charge in [0.25, 0.3) is 0 Å². The molecule has 0 N–H and O–H groups in total. The second kappa shape index (κ2) is 11.3. The highest BCUT2D eigenvalue weighted by Crippen LogP contribution is 2.46. The maximum atomic E-state index is 6.38. The van der Waals surface area contributed by atoms with Crippen LogP contribution in [0.1, 0.15) is 0 Å². The molecule has 0 aliphatic rings. The molecule has 252 valence electrons. The van der Waals surface area contributed by atoms with Gasteiger partial charge in [0.15, 0.2) is 0 Å². The summed E-state index contributed by atoms with van der Waals surface area (Å²) < 4.78 is 15.2. The molecule has 0 fully saturated rings. The van der Waals surface area contributed by atoms with Crippen LogP contribution in [0.3, 0.4) is 0 Å². The van der Waals surface area contributed by atoms with E-state index in [0.717, 1.165) is 66.4 Å². The molecule has 12 rings (SSSR count). The minimum Gasteiger partial charge on any atom is -0.456 e. The molecule has 0 saturated carbocycles. The Labute approximate surface area is 313 Å². The van der Waals surface area contributed by atoms with Gasteiger partial charge in [0.2, 0.25) is 0 Å². The first-order chi connectivity index (χ1) is 26.7. The molecular formula is C50H29NO2S. The molecule has 0 saturated heterocycles. The molecule has 0 radical (unpaired) electrons. The molecule has 3 aromatic heterocycles. The van der Waals surface area contributed by atoms with E-state index in [1.165, 1.54) is 47.4 Å². The Morgan fingerprint density at radius 2 is 1.00 bits per heavy atom. The number of fused-ring (bicyclic) bond motifs is 13. The number of hydrogen-bond donors (Lipinski definition) is 0. The third-order valence-electron chi connectivity index (χ3n) is 11.0. The van der Waals surface area contributed by atoms with Crippen LogP contribution in [0.2, 0.25) is 0 Å². The normalized spacial score (nSPS) is 12.1. The van der Waals surface area contributed by atoms with Crippen molar-refractivity contribution in [3.63, 3.8) is 0 Å². The highest BCUT2D eigenvalue weighted by molar-refractivity contribution is 7.26. The zero-order valence-electron chi connectivity index (χ0n) is 28.9. The van der Waals surface area contributed by atoms with Crippen molar-refractivity contribution in [2.75, 3.05) is 4.90 Å². The first-order valence-corrected chi connectivity index (χ1v) is 19.1. The summed E-state index contributed by atoms with van der Waals surface area (Å²) >= 11 is 1.86.